The molecule has 2 nitrogen and oxygen atoms in total. The van der Waals surface area contributed by atoms with E-state index in [2.05, 4.69) is 9.74 Å². The molecule has 1 aliphatic carbocycles. The van der Waals surface area contributed by atoms with Crippen molar-refractivity contribution in [2.45, 2.75) is 44.2 Å². The van der Waals surface area contributed by atoms with Crippen LogP contribution in [0.3, 0.4) is 0 Å². The van der Waals surface area contributed by atoms with Crippen LogP contribution in [-0.4, -0.2) is 30.1 Å². The first-order valence-electron chi connectivity index (χ1n) is 5.01. The van der Waals surface area contributed by atoms with E-state index in [-0.39, 0.29) is 0 Å². The molecule has 0 aromatic heterocycles. The van der Waals surface area contributed by atoms with E-state index in [0.29, 0.717) is 6.04 Å². The Morgan fingerprint density at radius 2 is 2.08 bits per heavy atom. The van der Waals surface area contributed by atoms with Crippen LogP contribution in [-0.2, 0) is 0 Å². The fourth-order valence-electron chi connectivity index (χ4n) is 2.36. The van der Waals surface area contributed by atoms with Gasteiger partial charge < -0.3 is 4.85 Å². The van der Waals surface area contributed by atoms with Gasteiger partial charge in [-0.2, -0.15) is 0 Å². The summed E-state index contributed by atoms with van der Waals surface area (Å²) in [6, 6.07) is 1.45. The summed E-state index contributed by atoms with van der Waals surface area (Å²) in [4.78, 5) is 6.10. The van der Waals surface area contributed by atoms with Crippen molar-refractivity contribution >= 4 is 0 Å². The Bertz CT molecular complexity index is 191. The van der Waals surface area contributed by atoms with Gasteiger partial charge in [0.2, 0.25) is 6.54 Å². The third-order valence-corrected chi connectivity index (χ3v) is 3.27. The predicted octanol–water partition coefficient (Wildman–Crippen LogP) is 1.92. The highest BCUT2D eigenvalue weighted by molar-refractivity contribution is 4.91. The molecule has 0 spiro atoms. The normalized spacial score (nSPS) is 31.4. The molecule has 1 unspecified atom stereocenters. The average molecular weight is 164 g/mol. The van der Waals surface area contributed by atoms with Crippen LogP contribution in [0.1, 0.15) is 32.1 Å². The van der Waals surface area contributed by atoms with Crippen LogP contribution in [0.4, 0.5) is 0 Å². The third-order valence-electron chi connectivity index (χ3n) is 3.27. The van der Waals surface area contributed by atoms with Gasteiger partial charge >= 0.3 is 0 Å². The number of hydrogen-bond acceptors (Lipinski definition) is 1. The molecule has 0 radical (unpaired) electrons. The monoisotopic (exact) mass is 164 g/mol. The van der Waals surface area contributed by atoms with Crippen molar-refractivity contribution in [3.05, 3.63) is 11.4 Å². The Morgan fingerprint density at radius 1 is 1.25 bits per heavy atom. The number of likely N-dealkylation sites (tertiary alicyclic amines) is 1. The van der Waals surface area contributed by atoms with Gasteiger partial charge in [-0.05, 0) is 32.2 Å². The van der Waals surface area contributed by atoms with Gasteiger partial charge in [0.05, 0.1) is 6.04 Å². The highest BCUT2D eigenvalue weighted by atomic mass is 15.2. The summed E-state index contributed by atoms with van der Waals surface area (Å²) >= 11 is 0. The fraction of sp³-hybridized carbons (Fsp3) is 0.900. The first-order chi connectivity index (χ1) is 5.92. The summed E-state index contributed by atoms with van der Waals surface area (Å²) in [5.74, 6) is 0. The van der Waals surface area contributed by atoms with Gasteiger partial charge in [-0.25, -0.2) is 6.57 Å². The van der Waals surface area contributed by atoms with Crippen molar-refractivity contribution in [2.24, 2.45) is 0 Å². The van der Waals surface area contributed by atoms with Gasteiger partial charge in [-0.1, -0.05) is 6.42 Å². The second kappa shape index (κ2) is 3.45. The molecule has 1 saturated carbocycles. The smallest absolute Gasteiger partial charge is 0.230 e. The lowest BCUT2D eigenvalue weighted by Gasteiger charge is -2.37. The lowest BCUT2D eigenvalue weighted by molar-refractivity contribution is 0.120. The van der Waals surface area contributed by atoms with Gasteiger partial charge in [0.1, 0.15) is 0 Å². The summed E-state index contributed by atoms with van der Waals surface area (Å²) in [5.41, 5.74) is 0. The van der Waals surface area contributed by atoms with Crippen LogP contribution in [0, 0.1) is 6.57 Å². The quantitative estimate of drug-likeness (QED) is 0.566. The van der Waals surface area contributed by atoms with Gasteiger partial charge in [0.25, 0.3) is 0 Å². The zero-order chi connectivity index (χ0) is 8.39. The summed E-state index contributed by atoms with van der Waals surface area (Å²) in [5, 5.41) is 0. The molecule has 0 aromatic rings. The van der Waals surface area contributed by atoms with Gasteiger partial charge in [0.15, 0.2) is 0 Å². The summed E-state index contributed by atoms with van der Waals surface area (Å²) in [7, 11) is 0. The van der Waals surface area contributed by atoms with Crippen molar-refractivity contribution in [3.63, 3.8) is 0 Å². The van der Waals surface area contributed by atoms with Crippen molar-refractivity contribution in [1.29, 1.82) is 0 Å². The highest BCUT2D eigenvalue weighted by Gasteiger charge is 2.34. The van der Waals surface area contributed by atoms with E-state index in [1.807, 2.05) is 0 Å². The Hall–Kier alpha value is -0.550. The molecule has 0 amide bonds. The first-order valence-corrected chi connectivity index (χ1v) is 5.01. The molecule has 1 saturated heterocycles. The summed E-state index contributed by atoms with van der Waals surface area (Å²) < 4.78 is 0. The van der Waals surface area contributed by atoms with Crippen molar-refractivity contribution in [1.82, 2.24) is 4.90 Å². The Kier molecular flexibility index (Phi) is 2.32. The van der Waals surface area contributed by atoms with E-state index in [1.165, 1.54) is 38.6 Å². The van der Waals surface area contributed by atoms with Crippen molar-refractivity contribution < 1.29 is 0 Å². The molecule has 12 heavy (non-hydrogen) atoms. The van der Waals surface area contributed by atoms with E-state index in [1.54, 1.807) is 0 Å². The summed E-state index contributed by atoms with van der Waals surface area (Å²) in [6.07, 6.45) is 6.75. The molecule has 2 heteroatoms. The van der Waals surface area contributed by atoms with Crippen LogP contribution in [0.25, 0.3) is 4.85 Å². The molecule has 66 valence electrons. The minimum atomic E-state index is 0.604. The fourth-order valence-corrected chi connectivity index (χ4v) is 2.36. The Morgan fingerprint density at radius 3 is 2.67 bits per heavy atom. The maximum atomic E-state index is 6.87. The largest absolute Gasteiger partial charge is 0.315 e. The van der Waals surface area contributed by atoms with Gasteiger partial charge in [-0.15, -0.1) is 0 Å². The maximum absolute atomic E-state index is 6.87. The van der Waals surface area contributed by atoms with E-state index in [0.717, 1.165) is 12.6 Å². The van der Waals surface area contributed by atoms with Crippen molar-refractivity contribution in [2.75, 3.05) is 13.1 Å². The van der Waals surface area contributed by atoms with Crippen LogP contribution in [0.5, 0.6) is 0 Å². The predicted molar refractivity (Wildman–Crippen MR) is 48.8 cm³/mol. The van der Waals surface area contributed by atoms with Crippen LogP contribution in [0.15, 0.2) is 0 Å². The summed E-state index contributed by atoms with van der Waals surface area (Å²) in [6.45, 7) is 8.86. The lowest BCUT2D eigenvalue weighted by Crippen LogP contribution is -2.44. The molecular formula is C10H16N2. The molecule has 1 heterocycles. The molecule has 2 rings (SSSR count). The second-order valence-electron chi connectivity index (χ2n) is 3.96. The minimum absolute atomic E-state index is 0.604. The molecule has 2 fully saturated rings. The first kappa shape index (κ1) is 8.07. The van der Waals surface area contributed by atoms with E-state index in [4.69, 9.17) is 6.57 Å². The number of rotatable bonds is 2. The maximum Gasteiger partial charge on any atom is 0.230 e. The zero-order valence-corrected chi connectivity index (χ0v) is 7.50. The Balaban J connectivity index is 1.90. The zero-order valence-electron chi connectivity index (χ0n) is 7.50. The molecule has 0 aromatic carbocycles. The van der Waals surface area contributed by atoms with E-state index in [9.17, 15) is 0 Å². The third kappa shape index (κ3) is 1.34. The SMILES string of the molecule is [C-]#[N+]CC1CCCN1C1CCC1. The standard InChI is InChI=1S/C10H16N2/c1-11-8-10-6-3-7-12(10)9-4-2-5-9/h9-10H,2-8H2. The van der Waals surface area contributed by atoms with E-state index < -0.39 is 0 Å². The van der Waals surface area contributed by atoms with E-state index >= 15 is 0 Å². The van der Waals surface area contributed by atoms with Crippen molar-refractivity contribution in [3.8, 4) is 0 Å². The minimum Gasteiger partial charge on any atom is -0.315 e. The number of hydrogen-bond donors (Lipinski definition) is 0. The average Bonchev–Trinajstić information content (AvgIpc) is 2.35. The van der Waals surface area contributed by atoms with Gasteiger partial charge in [0, 0.05) is 6.04 Å². The number of nitrogens with zero attached hydrogens (tertiary/aromatic N) is 2. The van der Waals surface area contributed by atoms with Crippen LogP contribution >= 0.6 is 0 Å². The molecular weight excluding hydrogens is 148 g/mol. The molecule has 1 aliphatic heterocycles. The molecule has 1 atom stereocenters. The second-order valence-corrected chi connectivity index (χ2v) is 3.96. The molecule has 0 bridgehead atoms. The van der Waals surface area contributed by atoms with Gasteiger partial charge in [-0.3, -0.25) is 4.90 Å². The lowest BCUT2D eigenvalue weighted by atomic mass is 9.91. The van der Waals surface area contributed by atoms with Crippen LogP contribution in [0.2, 0.25) is 0 Å². The van der Waals surface area contributed by atoms with Crippen LogP contribution < -0.4 is 0 Å². The Labute approximate surface area is 74.4 Å². The topological polar surface area (TPSA) is 7.60 Å². The molecule has 0 N–H and O–H groups in total. The highest BCUT2D eigenvalue weighted by Crippen LogP contribution is 2.31. The molecule has 2 aliphatic rings.